The van der Waals surface area contributed by atoms with Gasteiger partial charge in [-0.15, -0.1) is 11.3 Å². The Balaban J connectivity index is 1.89. The van der Waals surface area contributed by atoms with Crippen LogP contribution in [-0.2, 0) is 16.1 Å². The van der Waals surface area contributed by atoms with E-state index in [9.17, 15) is 9.59 Å². The molecule has 1 aromatic heterocycles. The van der Waals surface area contributed by atoms with Crippen LogP contribution in [-0.4, -0.2) is 28.3 Å². The van der Waals surface area contributed by atoms with E-state index in [1.165, 1.54) is 0 Å². The monoisotopic (exact) mass is 356 g/mol. The molecule has 20 heavy (non-hydrogen) atoms. The van der Waals surface area contributed by atoms with Crippen LogP contribution in [0.2, 0.25) is 0 Å². The van der Waals surface area contributed by atoms with Crippen molar-refractivity contribution in [2.24, 2.45) is 5.92 Å². The smallest absolute Gasteiger partial charge is 0.246 e. The number of hydrogen-bond acceptors (Lipinski definition) is 3. The van der Waals surface area contributed by atoms with Crippen LogP contribution in [0.15, 0.2) is 15.9 Å². The molecule has 2 amide bonds. The summed E-state index contributed by atoms with van der Waals surface area (Å²) in [4.78, 5) is 27.8. The summed E-state index contributed by atoms with van der Waals surface area (Å²) in [5, 5.41) is 4.89. The Kier molecular flexibility index (Phi) is 3.41. The van der Waals surface area contributed by atoms with Crippen molar-refractivity contribution in [3.8, 4) is 0 Å². The zero-order valence-corrected chi connectivity index (χ0v) is 13.9. The number of amides is 2. The highest BCUT2D eigenvalue weighted by Gasteiger charge is 2.50. The lowest BCUT2D eigenvalue weighted by molar-refractivity contribution is -0.156. The molecule has 1 N–H and O–H groups in total. The maximum Gasteiger partial charge on any atom is 0.246 e. The molecule has 1 saturated heterocycles. The lowest BCUT2D eigenvalue weighted by Crippen LogP contribution is -2.68. The van der Waals surface area contributed by atoms with Crippen molar-refractivity contribution in [2.45, 2.75) is 44.8 Å². The van der Waals surface area contributed by atoms with E-state index in [2.05, 4.69) is 21.2 Å². The summed E-state index contributed by atoms with van der Waals surface area (Å²) < 4.78 is 1.00. The lowest BCUT2D eigenvalue weighted by Gasteiger charge is -2.44. The topological polar surface area (TPSA) is 49.4 Å². The van der Waals surface area contributed by atoms with Gasteiger partial charge in [0.2, 0.25) is 11.8 Å². The fraction of sp³-hybridized carbons (Fsp3) is 0.571. The van der Waals surface area contributed by atoms with Gasteiger partial charge in [0.25, 0.3) is 0 Å². The fourth-order valence-corrected chi connectivity index (χ4v) is 4.02. The molecule has 0 spiro atoms. The van der Waals surface area contributed by atoms with Gasteiger partial charge in [-0.1, -0.05) is 0 Å². The standard InChI is InChI=1S/C14H17BrN2O2S/c1-14(2)13(19)16-11(8-3-4-8)12(18)17(14)7-10-9(15)5-6-20-10/h5-6,8,11H,3-4,7H2,1-2H3,(H,16,19). The summed E-state index contributed by atoms with van der Waals surface area (Å²) in [6, 6.07) is 1.65. The molecule has 1 aromatic rings. The third-order valence-corrected chi connectivity index (χ3v) is 6.05. The van der Waals surface area contributed by atoms with Gasteiger partial charge in [0, 0.05) is 9.35 Å². The van der Waals surface area contributed by atoms with Crippen molar-refractivity contribution in [3.05, 3.63) is 20.8 Å². The molecule has 2 aliphatic rings. The van der Waals surface area contributed by atoms with Crippen molar-refractivity contribution in [1.29, 1.82) is 0 Å². The van der Waals surface area contributed by atoms with Crippen molar-refractivity contribution in [3.63, 3.8) is 0 Å². The number of rotatable bonds is 3. The first kappa shape index (κ1) is 14.1. The third-order valence-electron chi connectivity index (χ3n) is 4.14. The molecule has 2 fully saturated rings. The van der Waals surface area contributed by atoms with E-state index in [0.717, 1.165) is 22.2 Å². The molecular weight excluding hydrogens is 340 g/mol. The summed E-state index contributed by atoms with van der Waals surface area (Å²) >= 11 is 5.09. The van der Waals surface area contributed by atoms with Crippen LogP contribution in [0.1, 0.15) is 31.6 Å². The minimum absolute atomic E-state index is 0.0531. The molecule has 2 heterocycles. The van der Waals surface area contributed by atoms with Gasteiger partial charge in [-0.05, 0) is 60.0 Å². The van der Waals surface area contributed by atoms with Gasteiger partial charge >= 0.3 is 0 Å². The summed E-state index contributed by atoms with van der Waals surface area (Å²) in [5.41, 5.74) is -0.800. The molecule has 0 bridgehead atoms. The van der Waals surface area contributed by atoms with E-state index in [0.29, 0.717) is 12.5 Å². The minimum atomic E-state index is -0.800. The average molecular weight is 357 g/mol. The number of hydrogen-bond donors (Lipinski definition) is 1. The Morgan fingerprint density at radius 3 is 2.70 bits per heavy atom. The second-order valence-corrected chi connectivity index (χ2v) is 7.82. The first-order chi connectivity index (χ1) is 9.41. The van der Waals surface area contributed by atoms with E-state index < -0.39 is 5.54 Å². The van der Waals surface area contributed by atoms with Crippen LogP contribution in [0, 0.1) is 5.92 Å². The van der Waals surface area contributed by atoms with Gasteiger partial charge in [0.05, 0.1) is 6.54 Å². The predicted octanol–water partition coefficient (Wildman–Crippen LogP) is 2.53. The van der Waals surface area contributed by atoms with Gasteiger partial charge in [-0.2, -0.15) is 0 Å². The summed E-state index contributed by atoms with van der Waals surface area (Å²) in [7, 11) is 0. The van der Waals surface area contributed by atoms with Crippen LogP contribution in [0.3, 0.4) is 0 Å². The van der Waals surface area contributed by atoms with Crippen molar-refractivity contribution in [1.82, 2.24) is 10.2 Å². The predicted molar refractivity (Wildman–Crippen MR) is 81.3 cm³/mol. The zero-order valence-electron chi connectivity index (χ0n) is 11.5. The first-order valence-electron chi connectivity index (χ1n) is 6.75. The van der Waals surface area contributed by atoms with Gasteiger partial charge in [0.15, 0.2) is 0 Å². The molecule has 0 aromatic carbocycles. The summed E-state index contributed by atoms with van der Waals surface area (Å²) in [5.74, 6) is 0.330. The molecule has 3 rings (SSSR count). The number of nitrogens with zero attached hydrogens (tertiary/aromatic N) is 1. The van der Waals surface area contributed by atoms with Crippen molar-refractivity contribution < 1.29 is 9.59 Å². The highest BCUT2D eigenvalue weighted by molar-refractivity contribution is 9.10. The second kappa shape index (κ2) is 4.84. The number of thiophene rings is 1. The molecule has 4 nitrogen and oxygen atoms in total. The SMILES string of the molecule is CC1(C)C(=O)NC(C2CC2)C(=O)N1Cc1sccc1Br. The van der Waals surface area contributed by atoms with Gasteiger partial charge in [-0.3, -0.25) is 9.59 Å². The number of carbonyl (C=O) groups excluding carboxylic acids is 2. The first-order valence-corrected chi connectivity index (χ1v) is 8.43. The third kappa shape index (κ3) is 2.29. The summed E-state index contributed by atoms with van der Waals surface area (Å²) in [6.07, 6.45) is 2.07. The van der Waals surface area contributed by atoms with Crippen molar-refractivity contribution >= 4 is 39.1 Å². The zero-order chi connectivity index (χ0) is 14.5. The van der Waals surface area contributed by atoms with Gasteiger partial charge in [-0.25, -0.2) is 0 Å². The van der Waals surface area contributed by atoms with E-state index in [-0.39, 0.29) is 17.9 Å². The Labute approximate surface area is 130 Å². The summed E-state index contributed by atoms with van der Waals surface area (Å²) in [6.45, 7) is 4.11. The van der Waals surface area contributed by atoms with Gasteiger partial charge in [0.1, 0.15) is 11.6 Å². The normalized spacial score (nSPS) is 25.8. The van der Waals surface area contributed by atoms with E-state index in [1.807, 2.05) is 25.3 Å². The molecule has 1 aliphatic carbocycles. The van der Waals surface area contributed by atoms with Crippen LogP contribution in [0.4, 0.5) is 0 Å². The van der Waals surface area contributed by atoms with Crippen LogP contribution in [0.5, 0.6) is 0 Å². The maximum atomic E-state index is 12.7. The molecule has 1 saturated carbocycles. The number of piperazine rings is 1. The van der Waals surface area contributed by atoms with Crippen LogP contribution in [0.25, 0.3) is 0 Å². The Morgan fingerprint density at radius 2 is 2.15 bits per heavy atom. The molecule has 6 heteroatoms. The quantitative estimate of drug-likeness (QED) is 0.904. The number of carbonyl (C=O) groups is 2. The fourth-order valence-electron chi connectivity index (χ4n) is 2.55. The number of nitrogens with one attached hydrogen (secondary N) is 1. The van der Waals surface area contributed by atoms with E-state index in [4.69, 9.17) is 0 Å². The molecule has 108 valence electrons. The maximum absolute atomic E-state index is 12.7. The van der Waals surface area contributed by atoms with E-state index >= 15 is 0 Å². The largest absolute Gasteiger partial charge is 0.342 e. The van der Waals surface area contributed by atoms with Crippen LogP contribution >= 0.6 is 27.3 Å². The van der Waals surface area contributed by atoms with E-state index in [1.54, 1.807) is 16.2 Å². The molecule has 1 aliphatic heterocycles. The Morgan fingerprint density at radius 1 is 1.45 bits per heavy atom. The van der Waals surface area contributed by atoms with Gasteiger partial charge < -0.3 is 10.2 Å². The Hall–Kier alpha value is -0.880. The minimum Gasteiger partial charge on any atom is -0.342 e. The highest BCUT2D eigenvalue weighted by atomic mass is 79.9. The molecule has 1 unspecified atom stereocenters. The molecule has 0 radical (unpaired) electrons. The highest BCUT2D eigenvalue weighted by Crippen LogP contribution is 2.37. The molecule has 1 atom stereocenters. The Bertz CT molecular complexity index is 565. The van der Waals surface area contributed by atoms with Crippen molar-refractivity contribution in [2.75, 3.05) is 0 Å². The lowest BCUT2D eigenvalue weighted by atomic mass is 9.94. The number of halogens is 1. The second-order valence-electron chi connectivity index (χ2n) is 5.96. The molecular formula is C14H17BrN2O2S. The van der Waals surface area contributed by atoms with Crippen LogP contribution < -0.4 is 5.32 Å². The average Bonchev–Trinajstić information content (AvgIpc) is 3.14.